The highest BCUT2D eigenvalue weighted by molar-refractivity contribution is 5.98. The molecule has 2 aliphatic heterocycles. The average molecular weight is 903 g/mol. The number of benzene rings is 2. The topological polar surface area (TPSA) is 249 Å². The lowest BCUT2D eigenvalue weighted by Crippen LogP contribution is -2.61. The minimum Gasteiger partial charge on any atom is -0.480 e. The van der Waals surface area contributed by atoms with Gasteiger partial charge in [0.05, 0.1) is 6.04 Å². The van der Waals surface area contributed by atoms with Gasteiger partial charge in [-0.1, -0.05) is 109 Å². The maximum Gasteiger partial charge on any atom is 0.326 e. The van der Waals surface area contributed by atoms with Crippen molar-refractivity contribution in [2.24, 2.45) is 23.5 Å². The van der Waals surface area contributed by atoms with Crippen LogP contribution in [0.2, 0.25) is 0 Å². The van der Waals surface area contributed by atoms with Gasteiger partial charge in [0, 0.05) is 25.9 Å². The molecule has 0 saturated carbocycles. The molecule has 356 valence electrons. The van der Waals surface area contributed by atoms with Gasteiger partial charge in [-0.2, -0.15) is 0 Å². The maximum absolute atomic E-state index is 14.4. The lowest BCUT2D eigenvalue weighted by Gasteiger charge is -2.33. The minimum atomic E-state index is -1.22. The van der Waals surface area contributed by atoms with Gasteiger partial charge in [-0.3, -0.25) is 33.6 Å². The van der Waals surface area contributed by atoms with Crippen LogP contribution in [0.4, 0.5) is 0 Å². The summed E-state index contributed by atoms with van der Waals surface area (Å²) in [5.74, 6) is -5.57. The standard InChI is InChI=1S/C48H70N8O9/c1-8-30(6)40(47(63)56-24-16-22-38(56)44(60)53-36(48(64)65)27-33-19-13-10-14-20-33)54-42(58)35(26-32-17-11-9-12-18-32)51-43(59)37-21-15-23-55(37)46(62)31(7)50-41(57)34(25-28(2)3)52-45(61)39(49)29(4)5/h9-14,17-20,28-31,34-40H,8,15-16,21-27,49H2,1-7H3,(H,50,57)(H,51,59)(H,52,61)(H,53,60)(H,54,58)(H,64,65)/t30-,31-,34-,35-,36-,37-,38-,39-,40-/m0/s1. The summed E-state index contributed by atoms with van der Waals surface area (Å²) in [4.78, 5) is 112. The van der Waals surface area contributed by atoms with Crippen LogP contribution in [-0.2, 0) is 51.2 Å². The van der Waals surface area contributed by atoms with Crippen molar-refractivity contribution in [3.63, 3.8) is 0 Å². The number of carboxylic acid groups (broad SMARTS) is 1. The van der Waals surface area contributed by atoms with E-state index in [1.807, 2.05) is 32.9 Å². The summed E-state index contributed by atoms with van der Waals surface area (Å²) in [7, 11) is 0. The van der Waals surface area contributed by atoms with Crippen LogP contribution in [0.15, 0.2) is 60.7 Å². The second-order valence-electron chi connectivity index (χ2n) is 18.3. The zero-order valence-electron chi connectivity index (χ0n) is 38.9. The smallest absolute Gasteiger partial charge is 0.326 e. The number of nitrogens with one attached hydrogen (secondary N) is 5. The zero-order valence-corrected chi connectivity index (χ0v) is 38.9. The van der Waals surface area contributed by atoms with E-state index in [0.717, 1.165) is 11.1 Å². The fraction of sp³-hybridized carbons (Fsp3) is 0.583. The molecule has 9 atom stereocenters. The monoisotopic (exact) mass is 903 g/mol. The van der Waals surface area contributed by atoms with E-state index < -0.39 is 102 Å². The van der Waals surface area contributed by atoms with Crippen molar-refractivity contribution in [3.05, 3.63) is 71.8 Å². The van der Waals surface area contributed by atoms with Crippen LogP contribution in [0, 0.1) is 17.8 Å². The molecule has 17 heteroatoms. The van der Waals surface area contributed by atoms with E-state index in [1.54, 1.807) is 69.3 Å². The van der Waals surface area contributed by atoms with E-state index in [1.165, 1.54) is 16.7 Å². The molecular formula is C48H70N8O9. The summed E-state index contributed by atoms with van der Waals surface area (Å²) < 4.78 is 0. The first-order valence-electron chi connectivity index (χ1n) is 23.0. The SMILES string of the molecule is CC[C@H](C)[C@H](NC(=O)[C@H](Cc1ccccc1)NC(=O)[C@@H]1CCCN1C(=O)[C@H](C)NC(=O)[C@H](CC(C)C)NC(=O)[C@@H](N)C(C)C)C(=O)N1CCC[C@H]1C(=O)N[C@@H](Cc1ccccc1)C(=O)O. The molecular weight excluding hydrogens is 833 g/mol. The first kappa shape index (κ1) is 51.8. The predicted octanol–water partition coefficient (Wildman–Crippen LogP) is 2.06. The van der Waals surface area contributed by atoms with Crippen LogP contribution >= 0.6 is 0 Å². The van der Waals surface area contributed by atoms with Crippen molar-refractivity contribution in [1.29, 1.82) is 0 Å². The van der Waals surface area contributed by atoms with Crippen LogP contribution < -0.4 is 32.3 Å². The predicted molar refractivity (Wildman–Crippen MR) is 244 cm³/mol. The van der Waals surface area contributed by atoms with Gasteiger partial charge in [-0.15, -0.1) is 0 Å². The molecule has 2 saturated heterocycles. The lowest BCUT2D eigenvalue weighted by molar-refractivity contribution is -0.145. The van der Waals surface area contributed by atoms with E-state index in [4.69, 9.17) is 5.73 Å². The Morgan fingerprint density at radius 3 is 1.58 bits per heavy atom. The Kier molecular flexibility index (Phi) is 19.5. The molecule has 65 heavy (non-hydrogen) atoms. The Labute approximate surface area is 382 Å². The highest BCUT2D eigenvalue weighted by atomic mass is 16.4. The number of likely N-dealkylation sites (tertiary alicyclic amines) is 2. The molecule has 7 amide bonds. The summed E-state index contributed by atoms with van der Waals surface area (Å²) in [6.45, 7) is 13.1. The fourth-order valence-electron chi connectivity index (χ4n) is 8.26. The van der Waals surface area contributed by atoms with Gasteiger partial charge in [-0.05, 0) is 67.9 Å². The number of amides is 7. The summed E-state index contributed by atoms with van der Waals surface area (Å²) in [6, 6.07) is 9.72. The van der Waals surface area contributed by atoms with Gasteiger partial charge in [0.15, 0.2) is 0 Å². The number of hydrogen-bond donors (Lipinski definition) is 7. The van der Waals surface area contributed by atoms with Crippen molar-refractivity contribution in [2.45, 2.75) is 148 Å². The molecule has 4 rings (SSSR count). The Bertz CT molecular complexity index is 1970. The lowest BCUT2D eigenvalue weighted by atomic mass is 9.96. The molecule has 2 heterocycles. The number of carbonyl (C=O) groups excluding carboxylic acids is 7. The average Bonchev–Trinajstić information content (AvgIpc) is 3.98. The van der Waals surface area contributed by atoms with Gasteiger partial charge >= 0.3 is 5.97 Å². The molecule has 0 radical (unpaired) electrons. The summed E-state index contributed by atoms with van der Waals surface area (Å²) in [6.07, 6.45) is 2.51. The number of carbonyl (C=O) groups is 8. The Morgan fingerprint density at radius 2 is 1.11 bits per heavy atom. The first-order chi connectivity index (χ1) is 30.8. The summed E-state index contributed by atoms with van der Waals surface area (Å²) in [5, 5.41) is 23.8. The number of nitrogens with zero attached hydrogens (tertiary/aromatic N) is 2. The van der Waals surface area contributed by atoms with E-state index >= 15 is 0 Å². The van der Waals surface area contributed by atoms with E-state index in [0.29, 0.717) is 38.5 Å². The molecule has 0 bridgehead atoms. The Hall–Kier alpha value is -5.84. The third kappa shape index (κ3) is 14.6. The largest absolute Gasteiger partial charge is 0.480 e. The van der Waals surface area contributed by atoms with Crippen molar-refractivity contribution in [1.82, 2.24) is 36.4 Å². The van der Waals surface area contributed by atoms with Gasteiger partial charge < -0.3 is 47.2 Å². The van der Waals surface area contributed by atoms with Crippen molar-refractivity contribution < 1.29 is 43.5 Å². The van der Waals surface area contributed by atoms with Crippen molar-refractivity contribution in [2.75, 3.05) is 13.1 Å². The van der Waals surface area contributed by atoms with Gasteiger partial charge in [0.1, 0.15) is 42.3 Å². The van der Waals surface area contributed by atoms with E-state index in [-0.39, 0.29) is 37.8 Å². The second kappa shape index (κ2) is 24.4. The molecule has 0 aliphatic carbocycles. The summed E-state index contributed by atoms with van der Waals surface area (Å²) in [5.41, 5.74) is 7.49. The quantitative estimate of drug-likeness (QED) is 0.0907. The molecule has 17 nitrogen and oxygen atoms in total. The normalized spacial score (nSPS) is 19.3. The van der Waals surface area contributed by atoms with E-state index in [2.05, 4.69) is 26.6 Å². The first-order valence-corrected chi connectivity index (χ1v) is 23.0. The zero-order chi connectivity index (χ0) is 48.0. The van der Waals surface area contributed by atoms with Crippen LogP contribution in [0.25, 0.3) is 0 Å². The molecule has 0 unspecified atom stereocenters. The third-order valence-corrected chi connectivity index (χ3v) is 12.4. The fourth-order valence-corrected chi connectivity index (χ4v) is 8.26. The highest BCUT2D eigenvalue weighted by Gasteiger charge is 2.42. The summed E-state index contributed by atoms with van der Waals surface area (Å²) >= 11 is 0. The number of aliphatic carboxylic acids is 1. The third-order valence-electron chi connectivity index (χ3n) is 12.4. The molecule has 2 aromatic rings. The van der Waals surface area contributed by atoms with Crippen LogP contribution in [-0.4, -0.2) is 124 Å². The van der Waals surface area contributed by atoms with E-state index in [9.17, 15) is 43.5 Å². The maximum atomic E-state index is 14.4. The van der Waals surface area contributed by atoms with Crippen molar-refractivity contribution >= 4 is 47.3 Å². The number of hydrogen-bond acceptors (Lipinski definition) is 9. The van der Waals surface area contributed by atoms with Crippen LogP contribution in [0.5, 0.6) is 0 Å². The number of rotatable bonds is 22. The highest BCUT2D eigenvalue weighted by Crippen LogP contribution is 2.23. The Balaban J connectivity index is 1.49. The van der Waals surface area contributed by atoms with Crippen molar-refractivity contribution in [3.8, 4) is 0 Å². The van der Waals surface area contributed by atoms with Gasteiger partial charge in [-0.25, -0.2) is 4.79 Å². The molecule has 0 spiro atoms. The molecule has 2 aromatic carbocycles. The molecule has 8 N–H and O–H groups in total. The Morgan fingerprint density at radius 1 is 0.631 bits per heavy atom. The number of nitrogens with two attached hydrogens (primary N) is 1. The molecule has 0 aromatic heterocycles. The van der Waals surface area contributed by atoms with Crippen LogP contribution in [0.1, 0.15) is 98.1 Å². The van der Waals surface area contributed by atoms with Crippen LogP contribution in [0.3, 0.4) is 0 Å². The molecule has 2 fully saturated rings. The van der Waals surface area contributed by atoms with Gasteiger partial charge in [0.25, 0.3) is 0 Å². The minimum absolute atomic E-state index is 0.0335. The molecule has 2 aliphatic rings. The van der Waals surface area contributed by atoms with Gasteiger partial charge in [0.2, 0.25) is 41.4 Å². The number of carboxylic acids is 1. The second-order valence-corrected chi connectivity index (χ2v) is 18.3.